The second kappa shape index (κ2) is 5.21. The van der Waals surface area contributed by atoms with Gasteiger partial charge >= 0.3 is 5.97 Å². The van der Waals surface area contributed by atoms with E-state index in [1.807, 2.05) is 0 Å². The molecule has 0 saturated carbocycles. The highest BCUT2D eigenvalue weighted by Crippen LogP contribution is 2.19. The molecule has 1 heterocycles. The smallest absolute Gasteiger partial charge is 0.335 e. The number of aromatic nitrogens is 2. The average Bonchev–Trinajstić information content (AvgIpc) is 2.38. The Balaban J connectivity index is 2.37. The largest absolute Gasteiger partial charge is 0.478 e. The molecule has 0 unspecified atom stereocenters. The van der Waals surface area contributed by atoms with Gasteiger partial charge in [0.15, 0.2) is 0 Å². The molecular weight excluding hydrogens is 289 g/mol. The summed E-state index contributed by atoms with van der Waals surface area (Å²) in [6.45, 7) is 0. The van der Waals surface area contributed by atoms with Crippen molar-refractivity contribution in [3.63, 3.8) is 0 Å². The number of nitrogens with zero attached hydrogens (tertiary/aromatic N) is 2. The summed E-state index contributed by atoms with van der Waals surface area (Å²) in [5.41, 5.74) is -0.279. The zero-order valence-corrected chi connectivity index (χ0v) is 10.6. The van der Waals surface area contributed by atoms with Gasteiger partial charge in [-0.2, -0.15) is 0 Å². The van der Waals surface area contributed by atoms with E-state index in [0.717, 1.165) is 12.1 Å². The molecule has 0 saturated heterocycles. The van der Waals surface area contributed by atoms with Crippen LogP contribution in [-0.2, 0) is 10.0 Å². The Morgan fingerprint density at radius 3 is 2.45 bits per heavy atom. The number of nitrogens with one attached hydrogen (secondary N) is 1. The van der Waals surface area contributed by atoms with Gasteiger partial charge < -0.3 is 5.11 Å². The molecule has 0 radical (unpaired) electrons. The Morgan fingerprint density at radius 2 is 1.90 bits per heavy atom. The van der Waals surface area contributed by atoms with E-state index in [1.165, 1.54) is 18.7 Å². The third kappa shape index (κ3) is 2.88. The number of anilines is 1. The fourth-order valence-electron chi connectivity index (χ4n) is 1.41. The number of hydrogen-bond acceptors (Lipinski definition) is 5. The molecule has 104 valence electrons. The third-order valence-electron chi connectivity index (χ3n) is 2.28. The molecule has 0 bridgehead atoms. The topological polar surface area (TPSA) is 109 Å². The van der Waals surface area contributed by atoms with E-state index in [0.29, 0.717) is 6.07 Å². The molecule has 2 aromatic rings. The van der Waals surface area contributed by atoms with Gasteiger partial charge in [-0.1, -0.05) is 0 Å². The van der Waals surface area contributed by atoms with Gasteiger partial charge in [-0.15, -0.1) is 0 Å². The van der Waals surface area contributed by atoms with Crippen molar-refractivity contribution in [2.45, 2.75) is 4.90 Å². The van der Waals surface area contributed by atoms with Crippen molar-refractivity contribution < 1.29 is 22.7 Å². The lowest BCUT2D eigenvalue weighted by Crippen LogP contribution is -2.15. The second-order valence-electron chi connectivity index (χ2n) is 3.68. The Hall–Kier alpha value is -2.55. The van der Waals surface area contributed by atoms with E-state index >= 15 is 0 Å². The van der Waals surface area contributed by atoms with E-state index in [-0.39, 0.29) is 11.3 Å². The van der Waals surface area contributed by atoms with Crippen molar-refractivity contribution in [3.05, 3.63) is 48.3 Å². The zero-order chi connectivity index (χ0) is 14.8. The van der Waals surface area contributed by atoms with Crippen LogP contribution in [0.15, 0.2) is 41.8 Å². The van der Waals surface area contributed by atoms with Crippen molar-refractivity contribution in [3.8, 4) is 0 Å². The quantitative estimate of drug-likeness (QED) is 0.875. The summed E-state index contributed by atoms with van der Waals surface area (Å²) in [7, 11) is -4.18. The van der Waals surface area contributed by atoms with Crippen LogP contribution in [0, 0.1) is 5.82 Å². The molecule has 0 fully saturated rings. The van der Waals surface area contributed by atoms with Crippen LogP contribution in [0.3, 0.4) is 0 Å². The molecule has 0 aliphatic heterocycles. The standard InChI is InChI=1S/C11H8FN3O4S/c12-9-3-7(11(16)17)1-2-10(9)20(18,19)15-8-4-13-6-14-5-8/h1-6,15H,(H,16,17). The van der Waals surface area contributed by atoms with Crippen LogP contribution in [0.25, 0.3) is 0 Å². The normalized spacial score (nSPS) is 11.1. The van der Waals surface area contributed by atoms with Crippen molar-refractivity contribution in [2.75, 3.05) is 4.72 Å². The van der Waals surface area contributed by atoms with Crippen LogP contribution in [0.5, 0.6) is 0 Å². The van der Waals surface area contributed by atoms with Gasteiger partial charge in [0.1, 0.15) is 17.0 Å². The highest BCUT2D eigenvalue weighted by molar-refractivity contribution is 7.92. The van der Waals surface area contributed by atoms with E-state index in [4.69, 9.17) is 5.11 Å². The van der Waals surface area contributed by atoms with Gasteiger partial charge in [0.25, 0.3) is 10.0 Å². The van der Waals surface area contributed by atoms with Gasteiger partial charge in [-0.05, 0) is 18.2 Å². The van der Waals surface area contributed by atoms with Crippen LogP contribution in [0.1, 0.15) is 10.4 Å². The number of benzene rings is 1. The second-order valence-corrected chi connectivity index (χ2v) is 5.33. The molecule has 2 rings (SSSR count). The fraction of sp³-hybridized carbons (Fsp3) is 0. The Labute approximate surface area is 113 Å². The molecular formula is C11H8FN3O4S. The molecule has 20 heavy (non-hydrogen) atoms. The third-order valence-corrected chi connectivity index (χ3v) is 3.70. The number of halogens is 1. The molecule has 7 nitrogen and oxygen atoms in total. The van der Waals surface area contributed by atoms with Gasteiger partial charge in [0, 0.05) is 0 Å². The molecule has 0 spiro atoms. The summed E-state index contributed by atoms with van der Waals surface area (Å²) in [6, 6.07) is 2.52. The first-order valence-corrected chi connectivity index (χ1v) is 6.69. The minimum Gasteiger partial charge on any atom is -0.478 e. The number of hydrogen-bond donors (Lipinski definition) is 2. The number of carboxylic acids is 1. The minimum absolute atomic E-state index is 0.0641. The van der Waals surface area contributed by atoms with Crippen LogP contribution in [0.4, 0.5) is 10.1 Å². The van der Waals surface area contributed by atoms with E-state index in [1.54, 1.807) is 0 Å². The van der Waals surface area contributed by atoms with Crippen LogP contribution in [-0.4, -0.2) is 29.5 Å². The Bertz CT molecular complexity index is 750. The maximum Gasteiger partial charge on any atom is 0.335 e. The van der Waals surface area contributed by atoms with Crippen LogP contribution < -0.4 is 4.72 Å². The summed E-state index contributed by atoms with van der Waals surface area (Å²) in [5, 5.41) is 8.69. The van der Waals surface area contributed by atoms with Gasteiger partial charge in [0.2, 0.25) is 0 Å². The lowest BCUT2D eigenvalue weighted by atomic mass is 10.2. The van der Waals surface area contributed by atoms with Crippen LogP contribution >= 0.6 is 0 Å². The highest BCUT2D eigenvalue weighted by atomic mass is 32.2. The fourth-order valence-corrected chi connectivity index (χ4v) is 2.50. The zero-order valence-electron chi connectivity index (χ0n) is 9.82. The molecule has 0 aliphatic carbocycles. The first-order valence-electron chi connectivity index (χ1n) is 5.21. The van der Waals surface area contributed by atoms with E-state index in [2.05, 4.69) is 14.7 Å². The maximum absolute atomic E-state index is 13.7. The molecule has 1 aromatic heterocycles. The predicted molar refractivity (Wildman–Crippen MR) is 66.2 cm³/mol. The van der Waals surface area contributed by atoms with Gasteiger partial charge in [0.05, 0.1) is 23.6 Å². The first-order chi connectivity index (χ1) is 9.40. The number of aromatic carboxylic acids is 1. The van der Waals surface area contributed by atoms with Crippen molar-refractivity contribution in [2.24, 2.45) is 0 Å². The van der Waals surface area contributed by atoms with E-state index < -0.39 is 26.7 Å². The van der Waals surface area contributed by atoms with Crippen LogP contribution in [0.2, 0.25) is 0 Å². The molecule has 1 aromatic carbocycles. The molecule has 0 atom stereocenters. The maximum atomic E-state index is 13.7. The van der Waals surface area contributed by atoms with Crippen molar-refractivity contribution >= 4 is 21.7 Å². The Kier molecular flexibility index (Phi) is 3.61. The summed E-state index contributed by atoms with van der Waals surface area (Å²) < 4.78 is 39.7. The SMILES string of the molecule is O=C(O)c1ccc(S(=O)(=O)Nc2cncnc2)c(F)c1. The minimum atomic E-state index is -4.18. The summed E-state index contributed by atoms with van der Waals surface area (Å²) >= 11 is 0. The first kappa shape index (κ1) is 13.9. The monoisotopic (exact) mass is 297 g/mol. The lowest BCUT2D eigenvalue weighted by molar-refractivity contribution is 0.0696. The Morgan fingerprint density at radius 1 is 1.25 bits per heavy atom. The number of rotatable bonds is 4. The van der Waals surface area contributed by atoms with Gasteiger partial charge in [-0.3, -0.25) is 4.72 Å². The van der Waals surface area contributed by atoms with Gasteiger partial charge in [-0.25, -0.2) is 27.6 Å². The lowest BCUT2D eigenvalue weighted by Gasteiger charge is -2.08. The average molecular weight is 297 g/mol. The molecule has 0 aliphatic rings. The predicted octanol–water partition coefficient (Wildman–Crippen LogP) is 1.11. The highest BCUT2D eigenvalue weighted by Gasteiger charge is 2.20. The molecule has 2 N–H and O–H groups in total. The van der Waals surface area contributed by atoms with Crippen molar-refractivity contribution in [1.29, 1.82) is 0 Å². The summed E-state index contributed by atoms with van der Waals surface area (Å²) in [5.74, 6) is -2.51. The van der Waals surface area contributed by atoms with E-state index in [9.17, 15) is 17.6 Å². The number of sulfonamides is 1. The number of carbonyl (C=O) groups is 1. The number of carboxylic acid groups (broad SMARTS) is 1. The summed E-state index contributed by atoms with van der Waals surface area (Å²) in [4.78, 5) is 17.2. The van der Waals surface area contributed by atoms with Crippen molar-refractivity contribution in [1.82, 2.24) is 9.97 Å². The molecule has 0 amide bonds. The summed E-state index contributed by atoms with van der Waals surface area (Å²) in [6.07, 6.45) is 3.61. The molecule has 9 heteroatoms.